The summed E-state index contributed by atoms with van der Waals surface area (Å²) >= 11 is 8.92. The first-order valence-corrected chi connectivity index (χ1v) is 12.8. The van der Waals surface area contributed by atoms with Crippen LogP contribution in [0.2, 0.25) is 5.02 Å². The highest BCUT2D eigenvalue weighted by Crippen LogP contribution is 2.38. The third-order valence-corrected chi connectivity index (χ3v) is 7.22. The fourth-order valence-electron chi connectivity index (χ4n) is 3.42. The van der Waals surface area contributed by atoms with Crippen molar-refractivity contribution in [3.05, 3.63) is 96.4 Å². The molecule has 36 heavy (non-hydrogen) atoms. The molecule has 0 bridgehead atoms. The van der Waals surface area contributed by atoms with Gasteiger partial charge in [0.25, 0.3) is 11.1 Å². The largest absolute Gasteiger partial charge is 0.493 e. The molecule has 1 N–H and O–H groups in total. The number of rotatable bonds is 8. The molecule has 1 aliphatic heterocycles. The molecule has 0 aliphatic carbocycles. The number of aromatic carboxylic acids is 1. The Bertz CT molecular complexity index is 1360. The van der Waals surface area contributed by atoms with Crippen molar-refractivity contribution in [2.24, 2.45) is 0 Å². The van der Waals surface area contributed by atoms with Crippen LogP contribution in [-0.4, -0.2) is 34.2 Å². The number of halogens is 2. The lowest BCUT2D eigenvalue weighted by atomic mass is 10.1. The van der Waals surface area contributed by atoms with E-state index in [0.717, 1.165) is 26.5 Å². The first-order valence-electron chi connectivity index (χ1n) is 10.6. The van der Waals surface area contributed by atoms with E-state index < -0.39 is 5.97 Å². The number of carbonyl (C=O) groups is 3. The summed E-state index contributed by atoms with van der Waals surface area (Å²) in [5, 5.41) is 9.28. The Labute approximate surface area is 230 Å². The summed E-state index contributed by atoms with van der Waals surface area (Å²) < 4.78 is 12.2. The standard InChI is InChI=1S/C26H19ClINO6S/c1-34-21-11-17(10-20(28)23(21)35-14-16-2-6-18(7-3-16)25(31)32)12-22-24(30)29(26(33)36-22)13-15-4-8-19(27)9-5-15/h2-12H,13-14H2,1H3,(H,31,32)/b22-12-. The molecule has 0 aromatic heterocycles. The maximum absolute atomic E-state index is 12.9. The van der Waals surface area contributed by atoms with Gasteiger partial charge in [0.2, 0.25) is 0 Å². The molecule has 2 amide bonds. The van der Waals surface area contributed by atoms with Crippen LogP contribution in [0.25, 0.3) is 6.08 Å². The van der Waals surface area contributed by atoms with E-state index in [0.29, 0.717) is 27.0 Å². The third kappa shape index (κ3) is 6.03. The summed E-state index contributed by atoms with van der Waals surface area (Å²) in [4.78, 5) is 38.0. The van der Waals surface area contributed by atoms with Crippen LogP contribution in [-0.2, 0) is 17.9 Å². The SMILES string of the molecule is COc1cc(/C=C2\SC(=O)N(Cc3ccc(Cl)cc3)C2=O)cc(I)c1OCc1ccc(C(=O)O)cc1. The second-order valence-electron chi connectivity index (χ2n) is 7.72. The van der Waals surface area contributed by atoms with Crippen molar-refractivity contribution >= 4 is 69.1 Å². The summed E-state index contributed by atoms with van der Waals surface area (Å²) in [7, 11) is 1.52. The van der Waals surface area contributed by atoms with Gasteiger partial charge in [-0.3, -0.25) is 14.5 Å². The van der Waals surface area contributed by atoms with Crippen molar-refractivity contribution < 1.29 is 29.0 Å². The molecular formula is C26H19ClINO6S. The lowest BCUT2D eigenvalue weighted by Gasteiger charge is -2.14. The van der Waals surface area contributed by atoms with E-state index in [-0.39, 0.29) is 29.9 Å². The number of amides is 2. The Balaban J connectivity index is 1.50. The Hall–Kier alpha value is -3.02. The minimum atomic E-state index is -0.989. The first kappa shape index (κ1) is 26.1. The van der Waals surface area contributed by atoms with Gasteiger partial charge in [-0.25, -0.2) is 4.79 Å². The van der Waals surface area contributed by atoms with Gasteiger partial charge in [0.1, 0.15) is 6.61 Å². The highest BCUT2D eigenvalue weighted by atomic mass is 127. The summed E-state index contributed by atoms with van der Waals surface area (Å²) in [5.74, 6) is -0.361. The smallest absolute Gasteiger partial charge is 0.335 e. The molecule has 7 nitrogen and oxygen atoms in total. The number of thioether (sulfide) groups is 1. The van der Waals surface area contributed by atoms with E-state index in [2.05, 4.69) is 22.6 Å². The summed E-state index contributed by atoms with van der Waals surface area (Å²) in [5.41, 5.74) is 2.49. The van der Waals surface area contributed by atoms with Crippen LogP contribution in [0.5, 0.6) is 11.5 Å². The zero-order valence-electron chi connectivity index (χ0n) is 18.9. The molecule has 0 spiro atoms. The van der Waals surface area contributed by atoms with Gasteiger partial charge in [0.05, 0.1) is 27.7 Å². The molecule has 3 aromatic rings. The second kappa shape index (κ2) is 11.4. The number of hydrogen-bond acceptors (Lipinski definition) is 6. The molecule has 0 saturated carbocycles. The number of benzene rings is 3. The topological polar surface area (TPSA) is 93.1 Å². The van der Waals surface area contributed by atoms with E-state index >= 15 is 0 Å². The average Bonchev–Trinajstić information content (AvgIpc) is 3.11. The highest BCUT2D eigenvalue weighted by Gasteiger charge is 2.35. The van der Waals surface area contributed by atoms with Crippen LogP contribution in [0.15, 0.2) is 65.6 Å². The van der Waals surface area contributed by atoms with E-state index in [9.17, 15) is 14.4 Å². The Morgan fingerprint density at radius 1 is 1.08 bits per heavy atom. The molecule has 4 rings (SSSR count). The molecule has 0 atom stereocenters. The van der Waals surface area contributed by atoms with E-state index in [1.165, 1.54) is 24.1 Å². The zero-order valence-corrected chi connectivity index (χ0v) is 22.6. The predicted octanol–water partition coefficient (Wildman–Crippen LogP) is 6.47. The number of carbonyl (C=O) groups excluding carboxylic acids is 2. The number of ether oxygens (including phenoxy) is 2. The van der Waals surface area contributed by atoms with Crippen molar-refractivity contribution in [1.82, 2.24) is 4.90 Å². The van der Waals surface area contributed by atoms with Gasteiger partial charge in [0, 0.05) is 5.02 Å². The lowest BCUT2D eigenvalue weighted by Crippen LogP contribution is -2.27. The fourth-order valence-corrected chi connectivity index (χ4v) is 5.17. The van der Waals surface area contributed by atoms with E-state index in [4.69, 9.17) is 26.2 Å². The monoisotopic (exact) mass is 635 g/mol. The summed E-state index contributed by atoms with van der Waals surface area (Å²) in [6, 6.07) is 17.0. The average molecular weight is 636 g/mol. The lowest BCUT2D eigenvalue weighted by molar-refractivity contribution is -0.123. The van der Waals surface area contributed by atoms with Crippen LogP contribution in [0, 0.1) is 3.57 Å². The van der Waals surface area contributed by atoms with Crippen molar-refractivity contribution in [2.75, 3.05) is 7.11 Å². The maximum Gasteiger partial charge on any atom is 0.335 e. The third-order valence-electron chi connectivity index (χ3n) is 5.26. The molecule has 1 aliphatic rings. The Morgan fingerprint density at radius 3 is 2.39 bits per heavy atom. The molecule has 1 fully saturated rings. The second-order valence-corrected chi connectivity index (χ2v) is 10.3. The van der Waals surface area contributed by atoms with Gasteiger partial charge in [-0.05, 0) is 93.5 Å². The predicted molar refractivity (Wildman–Crippen MR) is 146 cm³/mol. The number of methoxy groups -OCH3 is 1. The van der Waals surface area contributed by atoms with Gasteiger partial charge in [-0.1, -0.05) is 35.9 Å². The zero-order chi connectivity index (χ0) is 25.8. The molecule has 1 saturated heterocycles. The van der Waals surface area contributed by atoms with Gasteiger partial charge in [0.15, 0.2) is 11.5 Å². The van der Waals surface area contributed by atoms with Crippen LogP contribution >= 0.6 is 46.0 Å². The van der Waals surface area contributed by atoms with Gasteiger partial charge >= 0.3 is 5.97 Å². The number of carboxylic acid groups (broad SMARTS) is 1. The minimum absolute atomic E-state index is 0.167. The minimum Gasteiger partial charge on any atom is -0.493 e. The summed E-state index contributed by atoms with van der Waals surface area (Å²) in [6.45, 7) is 0.384. The number of carboxylic acids is 1. The molecular weight excluding hydrogens is 617 g/mol. The molecule has 10 heteroatoms. The van der Waals surface area contributed by atoms with Crippen LogP contribution in [0.4, 0.5) is 4.79 Å². The first-order chi connectivity index (χ1) is 17.2. The Kier molecular flexibility index (Phi) is 8.22. The molecule has 1 heterocycles. The number of hydrogen-bond donors (Lipinski definition) is 1. The normalized spacial score (nSPS) is 14.4. The van der Waals surface area contributed by atoms with E-state index in [1.807, 2.05) is 6.07 Å². The quantitative estimate of drug-likeness (QED) is 0.224. The number of nitrogens with zero attached hydrogens (tertiary/aromatic N) is 1. The van der Waals surface area contributed by atoms with Gasteiger partial charge in [-0.15, -0.1) is 0 Å². The van der Waals surface area contributed by atoms with Gasteiger partial charge in [-0.2, -0.15) is 0 Å². The van der Waals surface area contributed by atoms with Crippen LogP contribution in [0.3, 0.4) is 0 Å². The van der Waals surface area contributed by atoms with Crippen molar-refractivity contribution in [3.63, 3.8) is 0 Å². The van der Waals surface area contributed by atoms with Crippen LogP contribution in [0.1, 0.15) is 27.0 Å². The molecule has 184 valence electrons. The molecule has 3 aromatic carbocycles. The molecule has 0 radical (unpaired) electrons. The van der Waals surface area contributed by atoms with Crippen molar-refractivity contribution in [2.45, 2.75) is 13.2 Å². The Morgan fingerprint density at radius 2 is 1.75 bits per heavy atom. The maximum atomic E-state index is 12.9. The molecule has 0 unspecified atom stereocenters. The van der Waals surface area contributed by atoms with Crippen molar-refractivity contribution in [3.8, 4) is 11.5 Å². The van der Waals surface area contributed by atoms with E-state index in [1.54, 1.807) is 48.5 Å². The van der Waals surface area contributed by atoms with Crippen molar-refractivity contribution in [1.29, 1.82) is 0 Å². The number of imide groups is 1. The fraction of sp³-hybridized carbons (Fsp3) is 0.115. The summed E-state index contributed by atoms with van der Waals surface area (Å²) in [6.07, 6.45) is 1.66. The van der Waals surface area contributed by atoms with Gasteiger partial charge < -0.3 is 14.6 Å². The highest BCUT2D eigenvalue weighted by molar-refractivity contribution is 14.1. The van der Waals surface area contributed by atoms with Crippen LogP contribution < -0.4 is 9.47 Å².